The summed E-state index contributed by atoms with van der Waals surface area (Å²) in [5.74, 6) is -0.800. The Morgan fingerprint density at radius 2 is 1.93 bits per heavy atom. The normalized spacial score (nSPS) is 19.0. The smallest absolute Gasteiger partial charge is 0.325 e. The Labute approximate surface area is 174 Å². The molecule has 3 amide bonds. The van der Waals surface area contributed by atoms with Gasteiger partial charge in [0.2, 0.25) is 0 Å². The highest BCUT2D eigenvalue weighted by molar-refractivity contribution is 6.32. The Kier molecular flexibility index (Phi) is 5.82. The summed E-state index contributed by atoms with van der Waals surface area (Å²) in [4.78, 5) is 39.5. The first kappa shape index (κ1) is 21.1. The lowest BCUT2D eigenvalue weighted by atomic mass is 9.92. The van der Waals surface area contributed by atoms with Crippen molar-refractivity contribution in [3.05, 3.63) is 57.9 Å². The molecular weight excluding hydrogens is 394 g/mol. The Balaban J connectivity index is 1.84. The third-order valence-corrected chi connectivity index (χ3v) is 5.71. The number of Topliss-reactive ketones (excluding diaryl/α,β-unsaturated/α-hetero) is 1. The fourth-order valence-electron chi connectivity index (χ4n) is 3.73. The van der Waals surface area contributed by atoms with Crippen molar-refractivity contribution in [1.82, 2.24) is 14.8 Å². The number of urea groups is 1. The second-order valence-electron chi connectivity index (χ2n) is 7.28. The van der Waals surface area contributed by atoms with E-state index in [4.69, 9.17) is 16.3 Å². The summed E-state index contributed by atoms with van der Waals surface area (Å²) in [6, 6.07) is 8.00. The van der Waals surface area contributed by atoms with E-state index in [9.17, 15) is 14.4 Å². The lowest BCUT2D eigenvalue weighted by molar-refractivity contribution is -0.130. The maximum Gasteiger partial charge on any atom is 0.325 e. The second kappa shape index (κ2) is 8.00. The molecule has 1 saturated heterocycles. The van der Waals surface area contributed by atoms with Crippen LogP contribution in [-0.2, 0) is 21.6 Å². The fraction of sp³-hybridized carbons (Fsp3) is 0.381. The number of ketones is 1. The highest BCUT2D eigenvalue weighted by Crippen LogP contribution is 2.33. The third-order valence-electron chi connectivity index (χ3n) is 5.38. The zero-order valence-corrected chi connectivity index (χ0v) is 17.7. The molecule has 1 aliphatic rings. The molecule has 1 N–H and O–H groups in total. The molecule has 0 unspecified atom stereocenters. The first-order chi connectivity index (χ1) is 13.7. The van der Waals surface area contributed by atoms with Crippen molar-refractivity contribution in [2.75, 3.05) is 20.3 Å². The van der Waals surface area contributed by atoms with Gasteiger partial charge in [-0.25, -0.2) is 4.79 Å². The van der Waals surface area contributed by atoms with Gasteiger partial charge in [-0.2, -0.15) is 0 Å². The number of hydrogen-bond donors (Lipinski definition) is 1. The van der Waals surface area contributed by atoms with Crippen molar-refractivity contribution in [2.45, 2.75) is 32.9 Å². The third kappa shape index (κ3) is 3.68. The van der Waals surface area contributed by atoms with E-state index in [-0.39, 0.29) is 12.3 Å². The Hall–Kier alpha value is -2.64. The minimum atomic E-state index is -1.31. The number of methoxy groups -OCH3 is 1. The van der Waals surface area contributed by atoms with Gasteiger partial charge >= 0.3 is 6.03 Å². The van der Waals surface area contributed by atoms with Crippen LogP contribution in [0.1, 0.15) is 34.2 Å². The number of aryl methyl sites for hydroxylation is 1. The van der Waals surface area contributed by atoms with E-state index < -0.39 is 17.5 Å². The van der Waals surface area contributed by atoms with E-state index in [0.29, 0.717) is 29.3 Å². The van der Waals surface area contributed by atoms with Crippen LogP contribution in [-0.4, -0.2) is 47.4 Å². The van der Waals surface area contributed by atoms with E-state index in [0.717, 1.165) is 16.3 Å². The molecule has 1 atom stereocenters. The molecule has 8 heteroatoms. The summed E-state index contributed by atoms with van der Waals surface area (Å²) in [6.07, 6.45) is 0. The number of nitrogens with one attached hydrogen (secondary N) is 1. The molecule has 1 fully saturated rings. The zero-order chi connectivity index (χ0) is 21.3. The van der Waals surface area contributed by atoms with Crippen molar-refractivity contribution >= 4 is 29.3 Å². The molecule has 154 valence electrons. The minimum Gasteiger partial charge on any atom is -0.383 e. The number of imide groups is 1. The van der Waals surface area contributed by atoms with Crippen molar-refractivity contribution in [2.24, 2.45) is 0 Å². The number of nitrogens with zero attached hydrogens (tertiary/aromatic N) is 2. The van der Waals surface area contributed by atoms with Gasteiger partial charge in [-0.3, -0.25) is 14.5 Å². The molecular formula is C21H24ClN3O4. The van der Waals surface area contributed by atoms with Crippen LogP contribution in [0.5, 0.6) is 0 Å². The summed E-state index contributed by atoms with van der Waals surface area (Å²) in [7, 11) is 1.62. The van der Waals surface area contributed by atoms with Gasteiger partial charge in [0, 0.05) is 41.2 Å². The lowest BCUT2D eigenvalue weighted by Crippen LogP contribution is -2.41. The largest absolute Gasteiger partial charge is 0.383 e. The number of ether oxygens (including phenoxy) is 1. The number of rotatable bonds is 7. The molecule has 1 aromatic heterocycles. The molecule has 0 saturated carbocycles. The van der Waals surface area contributed by atoms with Crippen LogP contribution in [0.2, 0.25) is 5.02 Å². The predicted molar refractivity (Wildman–Crippen MR) is 109 cm³/mol. The predicted octanol–water partition coefficient (Wildman–Crippen LogP) is 3.05. The molecule has 0 aliphatic carbocycles. The molecule has 0 spiro atoms. The number of amides is 3. The van der Waals surface area contributed by atoms with Crippen molar-refractivity contribution in [1.29, 1.82) is 0 Å². The van der Waals surface area contributed by atoms with Gasteiger partial charge in [-0.05, 0) is 32.9 Å². The van der Waals surface area contributed by atoms with Gasteiger partial charge < -0.3 is 14.6 Å². The van der Waals surface area contributed by atoms with Crippen LogP contribution < -0.4 is 5.32 Å². The minimum absolute atomic E-state index is 0.298. The summed E-state index contributed by atoms with van der Waals surface area (Å²) in [6.45, 7) is 6.15. The number of benzene rings is 1. The van der Waals surface area contributed by atoms with Crippen LogP contribution in [0.4, 0.5) is 4.79 Å². The lowest BCUT2D eigenvalue weighted by Gasteiger charge is -2.23. The fourth-order valence-corrected chi connectivity index (χ4v) is 4.05. The number of carbonyl (C=O) groups is 3. The first-order valence-corrected chi connectivity index (χ1v) is 9.66. The van der Waals surface area contributed by atoms with E-state index in [1.807, 2.05) is 18.4 Å². The van der Waals surface area contributed by atoms with Crippen LogP contribution in [0.15, 0.2) is 30.3 Å². The van der Waals surface area contributed by atoms with Gasteiger partial charge in [-0.15, -0.1) is 0 Å². The first-order valence-electron chi connectivity index (χ1n) is 9.28. The Morgan fingerprint density at radius 3 is 2.59 bits per heavy atom. The Morgan fingerprint density at radius 1 is 1.24 bits per heavy atom. The van der Waals surface area contributed by atoms with Gasteiger partial charge in [0.25, 0.3) is 5.91 Å². The molecule has 1 aromatic carbocycles. The average molecular weight is 418 g/mol. The Bertz CT molecular complexity index is 984. The summed E-state index contributed by atoms with van der Waals surface area (Å²) in [5, 5.41) is 3.06. The zero-order valence-electron chi connectivity index (χ0n) is 16.9. The van der Waals surface area contributed by atoms with Crippen LogP contribution >= 0.6 is 11.6 Å². The SMILES string of the molecule is COCCn1c(C)cc(C(=O)CN2C(=O)N[C@](C)(c3ccccc3Cl)C2=O)c1C. The highest BCUT2D eigenvalue weighted by Gasteiger charge is 2.50. The van der Waals surface area contributed by atoms with Crippen molar-refractivity contribution < 1.29 is 19.1 Å². The van der Waals surface area contributed by atoms with Crippen LogP contribution in [0, 0.1) is 13.8 Å². The van der Waals surface area contributed by atoms with E-state index in [1.165, 1.54) is 0 Å². The average Bonchev–Trinajstić information content (AvgIpc) is 3.08. The number of halogens is 1. The topological polar surface area (TPSA) is 80.6 Å². The number of carbonyl (C=O) groups excluding carboxylic acids is 3. The molecule has 1 aliphatic heterocycles. The van der Waals surface area contributed by atoms with Crippen LogP contribution in [0.3, 0.4) is 0 Å². The molecule has 0 bridgehead atoms. The molecule has 2 aromatic rings. The van der Waals surface area contributed by atoms with E-state index >= 15 is 0 Å². The number of aromatic nitrogens is 1. The molecule has 29 heavy (non-hydrogen) atoms. The van der Waals surface area contributed by atoms with Gasteiger partial charge in [0.15, 0.2) is 5.78 Å². The summed E-state index contributed by atoms with van der Waals surface area (Å²) < 4.78 is 7.10. The van der Waals surface area contributed by atoms with E-state index in [2.05, 4.69) is 5.32 Å². The van der Waals surface area contributed by atoms with E-state index in [1.54, 1.807) is 44.4 Å². The van der Waals surface area contributed by atoms with Gasteiger partial charge in [0.05, 0.1) is 13.2 Å². The molecule has 7 nitrogen and oxygen atoms in total. The molecule has 0 radical (unpaired) electrons. The van der Waals surface area contributed by atoms with Gasteiger partial charge in [-0.1, -0.05) is 29.8 Å². The maximum atomic E-state index is 13.1. The van der Waals surface area contributed by atoms with Crippen molar-refractivity contribution in [3.63, 3.8) is 0 Å². The monoisotopic (exact) mass is 417 g/mol. The second-order valence-corrected chi connectivity index (χ2v) is 7.69. The van der Waals surface area contributed by atoms with Crippen LogP contribution in [0.25, 0.3) is 0 Å². The van der Waals surface area contributed by atoms with Crippen molar-refractivity contribution in [3.8, 4) is 0 Å². The molecule has 3 rings (SSSR count). The van der Waals surface area contributed by atoms with Gasteiger partial charge in [0.1, 0.15) is 5.54 Å². The standard InChI is InChI=1S/C21H24ClN3O4/c1-13-11-15(14(2)24(13)9-10-29-4)18(26)12-25-19(27)21(3,23-20(25)28)16-7-5-6-8-17(16)22/h5-8,11H,9-10,12H2,1-4H3,(H,23,28)/t21-/m1/s1. The maximum absolute atomic E-state index is 13.1. The summed E-state index contributed by atoms with van der Waals surface area (Å²) >= 11 is 6.24. The quantitative estimate of drug-likeness (QED) is 0.554. The highest BCUT2D eigenvalue weighted by atomic mass is 35.5. The molecule has 2 heterocycles. The number of hydrogen-bond acceptors (Lipinski definition) is 4. The summed E-state index contributed by atoms with van der Waals surface area (Å²) in [5.41, 5.74) is 1.37.